The van der Waals surface area contributed by atoms with Crippen LogP contribution in [0.2, 0.25) is 0 Å². The van der Waals surface area contributed by atoms with Crippen molar-refractivity contribution in [1.29, 1.82) is 0 Å². The number of hydrogen-bond acceptors (Lipinski definition) is 2. The molecule has 1 rings (SSSR count). The summed E-state index contributed by atoms with van der Waals surface area (Å²) in [5.74, 6) is -2.36. The number of ether oxygens (including phenoxy) is 1. The van der Waals surface area contributed by atoms with Gasteiger partial charge in [0.25, 0.3) is 0 Å². The largest absolute Gasteiger partial charge is 0.478 e. The minimum Gasteiger partial charge on any atom is -0.478 e. The first-order valence-electron chi connectivity index (χ1n) is 4.56. The van der Waals surface area contributed by atoms with Crippen molar-refractivity contribution in [2.45, 2.75) is 13.5 Å². The van der Waals surface area contributed by atoms with Crippen LogP contribution in [0, 0.1) is 12.7 Å². The molecule has 1 N–H and O–H groups in total. The highest BCUT2D eigenvalue weighted by Gasteiger charge is 2.12. The molecule has 6 heteroatoms. The van der Waals surface area contributed by atoms with Crippen LogP contribution in [-0.2, 0) is 4.79 Å². The lowest BCUT2D eigenvalue weighted by Crippen LogP contribution is -2.04. The van der Waals surface area contributed by atoms with Crippen molar-refractivity contribution < 1.29 is 27.8 Å². The molecule has 0 aliphatic heterocycles. The molecule has 1 aromatic carbocycles. The first-order valence-corrected chi connectivity index (χ1v) is 4.56. The maximum Gasteiger partial charge on any atom is 0.387 e. The van der Waals surface area contributed by atoms with Gasteiger partial charge in [0.15, 0.2) is 0 Å². The quantitative estimate of drug-likeness (QED) is 0.831. The Balaban J connectivity index is 3.20. The van der Waals surface area contributed by atoms with E-state index in [4.69, 9.17) is 5.11 Å². The third kappa shape index (κ3) is 3.82. The maximum atomic E-state index is 13.0. The molecule has 0 fully saturated rings. The normalized spacial score (nSPS) is 11.1. The van der Waals surface area contributed by atoms with Crippen LogP contribution in [0.15, 0.2) is 18.2 Å². The van der Waals surface area contributed by atoms with E-state index in [0.29, 0.717) is 5.56 Å². The van der Waals surface area contributed by atoms with Crippen LogP contribution in [-0.4, -0.2) is 17.7 Å². The first-order chi connectivity index (χ1) is 7.90. The van der Waals surface area contributed by atoms with Gasteiger partial charge in [0.1, 0.15) is 11.6 Å². The number of alkyl halides is 2. The average Bonchev–Trinajstić information content (AvgIpc) is 2.14. The van der Waals surface area contributed by atoms with E-state index in [2.05, 4.69) is 4.74 Å². The molecule has 0 aromatic heterocycles. The molecule has 0 atom stereocenters. The third-order valence-corrected chi connectivity index (χ3v) is 1.92. The van der Waals surface area contributed by atoms with Crippen molar-refractivity contribution in [3.05, 3.63) is 35.2 Å². The minimum absolute atomic E-state index is 0.106. The average molecular weight is 246 g/mol. The second-order valence-corrected chi connectivity index (χ2v) is 3.18. The lowest BCUT2D eigenvalue weighted by Gasteiger charge is -2.10. The van der Waals surface area contributed by atoms with Gasteiger partial charge in [-0.15, -0.1) is 0 Å². The summed E-state index contributed by atoms with van der Waals surface area (Å²) in [5, 5.41) is 8.44. The predicted molar refractivity (Wildman–Crippen MR) is 54.4 cm³/mol. The van der Waals surface area contributed by atoms with Crippen LogP contribution < -0.4 is 4.74 Å². The van der Waals surface area contributed by atoms with Gasteiger partial charge in [0.2, 0.25) is 0 Å². The Bertz CT molecular complexity index is 456. The number of rotatable bonds is 4. The van der Waals surface area contributed by atoms with Crippen LogP contribution in [0.1, 0.15) is 11.1 Å². The van der Waals surface area contributed by atoms with Crippen molar-refractivity contribution in [1.82, 2.24) is 0 Å². The van der Waals surface area contributed by atoms with Gasteiger partial charge in [-0.3, -0.25) is 0 Å². The van der Waals surface area contributed by atoms with Gasteiger partial charge in [-0.1, -0.05) is 0 Å². The summed E-state index contributed by atoms with van der Waals surface area (Å²) in [6.07, 6.45) is 1.84. The second kappa shape index (κ2) is 5.38. The van der Waals surface area contributed by atoms with E-state index in [0.717, 1.165) is 24.3 Å². The molecule has 0 saturated carbocycles. The number of carbonyl (C=O) groups is 1. The highest BCUT2D eigenvalue weighted by Crippen LogP contribution is 2.26. The lowest BCUT2D eigenvalue weighted by atomic mass is 10.1. The van der Waals surface area contributed by atoms with E-state index in [-0.39, 0.29) is 5.56 Å². The van der Waals surface area contributed by atoms with Crippen molar-refractivity contribution >= 4 is 12.0 Å². The summed E-state index contributed by atoms with van der Waals surface area (Å²) in [4.78, 5) is 10.3. The zero-order valence-corrected chi connectivity index (χ0v) is 8.78. The van der Waals surface area contributed by atoms with Crippen LogP contribution in [0.5, 0.6) is 5.75 Å². The molecule has 17 heavy (non-hydrogen) atoms. The van der Waals surface area contributed by atoms with Crippen molar-refractivity contribution in [3.63, 3.8) is 0 Å². The number of halogens is 3. The molecule has 92 valence electrons. The molecule has 0 spiro atoms. The summed E-state index contributed by atoms with van der Waals surface area (Å²) in [6.45, 7) is -1.64. The van der Waals surface area contributed by atoms with Gasteiger partial charge >= 0.3 is 12.6 Å². The lowest BCUT2D eigenvalue weighted by molar-refractivity contribution is -0.131. The number of carboxylic acid groups (broad SMARTS) is 1. The summed E-state index contributed by atoms with van der Waals surface area (Å²) in [5.41, 5.74) is 0.409. The summed E-state index contributed by atoms with van der Waals surface area (Å²) >= 11 is 0. The zero-order chi connectivity index (χ0) is 13.0. The van der Waals surface area contributed by atoms with Gasteiger partial charge in [-0.2, -0.15) is 8.78 Å². The molecule has 0 bridgehead atoms. The molecule has 0 saturated heterocycles. The third-order valence-electron chi connectivity index (χ3n) is 1.92. The van der Waals surface area contributed by atoms with Crippen molar-refractivity contribution in [3.8, 4) is 5.75 Å². The van der Waals surface area contributed by atoms with Crippen LogP contribution >= 0.6 is 0 Å². The SMILES string of the molecule is Cc1cc(F)cc(OC(F)F)c1/C=C/C(=O)O. The fraction of sp³-hybridized carbons (Fsp3) is 0.182. The molecule has 0 radical (unpaired) electrons. The Morgan fingerprint density at radius 3 is 2.65 bits per heavy atom. The van der Waals surface area contributed by atoms with Crippen LogP contribution in [0.4, 0.5) is 13.2 Å². The maximum absolute atomic E-state index is 13.0. The first kappa shape index (κ1) is 13.1. The van der Waals surface area contributed by atoms with E-state index in [9.17, 15) is 18.0 Å². The monoisotopic (exact) mass is 246 g/mol. The number of hydrogen-bond donors (Lipinski definition) is 1. The molecule has 0 aliphatic carbocycles. The van der Waals surface area contributed by atoms with E-state index in [1.54, 1.807) is 0 Å². The van der Waals surface area contributed by atoms with Gasteiger partial charge in [-0.05, 0) is 24.6 Å². The Hall–Kier alpha value is -1.98. The van der Waals surface area contributed by atoms with E-state index in [1.807, 2.05) is 0 Å². The molecule has 0 heterocycles. The van der Waals surface area contributed by atoms with Crippen molar-refractivity contribution in [2.24, 2.45) is 0 Å². The second-order valence-electron chi connectivity index (χ2n) is 3.18. The van der Waals surface area contributed by atoms with Crippen LogP contribution in [0.3, 0.4) is 0 Å². The van der Waals surface area contributed by atoms with Gasteiger partial charge < -0.3 is 9.84 Å². The Kier molecular flexibility index (Phi) is 4.14. The Labute approximate surface area is 95.1 Å². The highest BCUT2D eigenvalue weighted by atomic mass is 19.3. The number of aryl methyl sites for hydroxylation is 1. The minimum atomic E-state index is -3.10. The van der Waals surface area contributed by atoms with E-state index in [1.165, 1.54) is 6.92 Å². The fourth-order valence-electron chi connectivity index (χ4n) is 1.29. The highest BCUT2D eigenvalue weighted by molar-refractivity contribution is 5.86. The summed E-state index contributed by atoms with van der Waals surface area (Å²) in [6, 6.07) is 1.88. The Morgan fingerprint density at radius 1 is 1.47 bits per heavy atom. The van der Waals surface area contributed by atoms with E-state index < -0.39 is 24.1 Å². The standard InChI is InChI=1S/C11H9F3O3/c1-6-4-7(12)5-9(17-11(13)14)8(6)2-3-10(15)16/h2-5,11H,1H3,(H,15,16)/b3-2+. The topological polar surface area (TPSA) is 46.5 Å². The van der Waals surface area contributed by atoms with Gasteiger partial charge in [0, 0.05) is 17.7 Å². The summed E-state index contributed by atoms with van der Waals surface area (Å²) < 4.78 is 41.3. The van der Waals surface area contributed by atoms with Crippen molar-refractivity contribution in [2.75, 3.05) is 0 Å². The summed E-state index contributed by atoms with van der Waals surface area (Å²) in [7, 11) is 0. The predicted octanol–water partition coefficient (Wildman–Crippen LogP) is 2.83. The van der Waals surface area contributed by atoms with Crippen LogP contribution in [0.25, 0.3) is 6.08 Å². The molecule has 0 unspecified atom stereocenters. The number of carboxylic acids is 1. The molecule has 0 aliphatic rings. The van der Waals surface area contributed by atoms with Gasteiger partial charge in [0.05, 0.1) is 0 Å². The molecule has 1 aromatic rings. The fourth-order valence-corrected chi connectivity index (χ4v) is 1.29. The molecular weight excluding hydrogens is 237 g/mol. The number of aliphatic carboxylic acids is 1. The van der Waals surface area contributed by atoms with E-state index >= 15 is 0 Å². The molecule has 3 nitrogen and oxygen atoms in total. The molecule has 0 amide bonds. The van der Waals surface area contributed by atoms with Gasteiger partial charge in [-0.25, -0.2) is 9.18 Å². The molecular formula is C11H9F3O3. The Morgan fingerprint density at radius 2 is 2.12 bits per heavy atom. The smallest absolute Gasteiger partial charge is 0.387 e. The zero-order valence-electron chi connectivity index (χ0n) is 8.78. The number of benzene rings is 1.